The number of nitrogens with zero attached hydrogens (tertiary/aromatic N) is 3. The average molecular weight is 918 g/mol. The average Bonchev–Trinajstić information content (AvgIpc) is 4.29. The summed E-state index contributed by atoms with van der Waals surface area (Å²) in [6, 6.07) is 58.1. The van der Waals surface area contributed by atoms with Crippen molar-refractivity contribution in [3.05, 3.63) is 192 Å². The van der Waals surface area contributed by atoms with Crippen molar-refractivity contribution >= 4 is 46.4 Å². The normalized spacial score (nSPS) is 14.3. The monoisotopic (exact) mass is 917 g/mol. The molecule has 1 fully saturated rings. The summed E-state index contributed by atoms with van der Waals surface area (Å²) < 4.78 is 12.4. The first kappa shape index (κ1) is 44.7. The second-order valence-corrected chi connectivity index (χ2v) is 18.7. The number of nitrogens with one attached hydrogen (secondary N) is 2. The number of rotatable bonds is 16. The molecular weight excluding hydrogens is 859 g/mol. The number of benzene rings is 5. The van der Waals surface area contributed by atoms with Crippen molar-refractivity contribution < 1.29 is 9.47 Å². The Labute approximate surface area is 411 Å². The van der Waals surface area contributed by atoms with Gasteiger partial charge in [-0.15, -0.1) is 0 Å². The summed E-state index contributed by atoms with van der Waals surface area (Å²) in [5, 5.41) is 0. The van der Waals surface area contributed by atoms with Crippen molar-refractivity contribution in [3.8, 4) is 56.0 Å². The zero-order valence-corrected chi connectivity index (χ0v) is 39.9. The molecule has 6 heterocycles. The third-order valence-electron chi connectivity index (χ3n) is 13.9. The van der Waals surface area contributed by atoms with Crippen molar-refractivity contribution in [2.75, 3.05) is 26.8 Å². The lowest BCUT2D eigenvalue weighted by Gasteiger charge is -2.20. The van der Waals surface area contributed by atoms with E-state index < -0.39 is 0 Å². The number of aromatic nitrogens is 4. The fourth-order valence-electron chi connectivity index (χ4n) is 10.4. The highest BCUT2D eigenvalue weighted by Gasteiger charge is 2.23. The second-order valence-electron chi connectivity index (χ2n) is 18.7. The second kappa shape index (κ2) is 20.9. The van der Waals surface area contributed by atoms with E-state index in [1.807, 2.05) is 0 Å². The SMILES string of the molecule is CN1CCCC1c1ccc(OCCCCCCCCOc2ccc(-c3c4nc(c(-c5ccccc5)c5ccc([nH]5)c(-c5ccccc5)c5nc(c(-c6ccccc6)c6ccc3[nH]6)C=C5)C=C4)cc2)cc1. The molecule has 0 amide bonds. The summed E-state index contributed by atoms with van der Waals surface area (Å²) >= 11 is 0. The van der Waals surface area contributed by atoms with Crippen molar-refractivity contribution in [2.45, 2.75) is 57.4 Å². The minimum Gasteiger partial charge on any atom is -0.494 e. The Kier molecular flexibility index (Phi) is 13.3. The number of hydrogen-bond acceptors (Lipinski definition) is 5. The highest BCUT2D eigenvalue weighted by molar-refractivity contribution is 5.99. The lowest BCUT2D eigenvalue weighted by molar-refractivity contribution is 0.296. The molecule has 70 heavy (non-hydrogen) atoms. The minimum absolute atomic E-state index is 0.550. The fraction of sp³-hybridized carbons (Fsp3) is 0.206. The summed E-state index contributed by atoms with van der Waals surface area (Å²) in [6.07, 6.45) is 17.9. The molecule has 0 aliphatic carbocycles. The Morgan fingerprint density at radius 3 is 1.16 bits per heavy atom. The summed E-state index contributed by atoms with van der Waals surface area (Å²) in [5.41, 5.74) is 17.3. The third kappa shape index (κ3) is 9.76. The summed E-state index contributed by atoms with van der Waals surface area (Å²) in [4.78, 5) is 21.0. The van der Waals surface area contributed by atoms with Crippen LogP contribution in [0.1, 0.15) is 85.7 Å². The third-order valence-corrected chi connectivity index (χ3v) is 13.9. The molecule has 11 rings (SSSR count). The number of hydrogen-bond donors (Lipinski definition) is 2. The van der Waals surface area contributed by atoms with E-state index in [0.717, 1.165) is 127 Å². The van der Waals surface area contributed by atoms with Gasteiger partial charge in [0.15, 0.2) is 0 Å². The van der Waals surface area contributed by atoms with Crippen LogP contribution in [0.2, 0.25) is 0 Å². The van der Waals surface area contributed by atoms with E-state index in [0.29, 0.717) is 12.6 Å². The van der Waals surface area contributed by atoms with Crippen LogP contribution in [0.25, 0.3) is 90.9 Å². The van der Waals surface area contributed by atoms with Gasteiger partial charge in [-0.05, 0) is 140 Å². The molecule has 348 valence electrons. The van der Waals surface area contributed by atoms with Gasteiger partial charge in [0.05, 0.1) is 36.0 Å². The largest absolute Gasteiger partial charge is 0.494 e. The van der Waals surface area contributed by atoms with Gasteiger partial charge in [0.1, 0.15) is 11.5 Å². The van der Waals surface area contributed by atoms with Crippen LogP contribution in [0, 0.1) is 0 Å². The molecule has 3 aliphatic heterocycles. The molecule has 8 aromatic rings. The van der Waals surface area contributed by atoms with Crippen LogP contribution in [0.4, 0.5) is 0 Å². The zero-order valence-electron chi connectivity index (χ0n) is 39.9. The molecule has 3 aliphatic rings. The predicted octanol–water partition coefficient (Wildman–Crippen LogP) is 15.9. The van der Waals surface area contributed by atoms with Gasteiger partial charge in [-0.25, -0.2) is 9.97 Å². The van der Waals surface area contributed by atoms with Crippen molar-refractivity contribution in [2.24, 2.45) is 0 Å². The molecule has 0 spiro atoms. The van der Waals surface area contributed by atoms with E-state index in [2.05, 4.69) is 210 Å². The lowest BCUT2D eigenvalue weighted by atomic mass is 10.0. The van der Waals surface area contributed by atoms with Crippen LogP contribution >= 0.6 is 0 Å². The van der Waals surface area contributed by atoms with Gasteiger partial charge in [-0.3, -0.25) is 4.90 Å². The van der Waals surface area contributed by atoms with E-state index in [9.17, 15) is 0 Å². The van der Waals surface area contributed by atoms with Crippen LogP contribution < -0.4 is 9.47 Å². The maximum Gasteiger partial charge on any atom is 0.119 e. The molecule has 1 unspecified atom stereocenters. The van der Waals surface area contributed by atoms with E-state index in [1.165, 1.54) is 44.2 Å². The Morgan fingerprint density at radius 1 is 0.429 bits per heavy atom. The number of likely N-dealkylation sites (tertiary alicyclic amines) is 1. The number of ether oxygens (including phenoxy) is 2. The van der Waals surface area contributed by atoms with Gasteiger partial charge in [-0.2, -0.15) is 0 Å². The number of fused-ring (bicyclic) bond motifs is 8. The molecule has 7 heteroatoms. The van der Waals surface area contributed by atoms with Crippen LogP contribution in [0.3, 0.4) is 0 Å². The van der Waals surface area contributed by atoms with Crippen molar-refractivity contribution in [3.63, 3.8) is 0 Å². The van der Waals surface area contributed by atoms with Crippen LogP contribution in [0.15, 0.2) is 164 Å². The number of H-pyrrole nitrogens is 2. The molecule has 2 N–H and O–H groups in total. The Balaban J connectivity index is 0.854. The molecule has 5 aromatic carbocycles. The van der Waals surface area contributed by atoms with Crippen LogP contribution in [-0.2, 0) is 0 Å². The first-order chi connectivity index (χ1) is 34.6. The quantitative estimate of drug-likeness (QED) is 0.0944. The van der Waals surface area contributed by atoms with Crippen LogP contribution in [0.5, 0.6) is 11.5 Å². The van der Waals surface area contributed by atoms with Crippen molar-refractivity contribution in [1.82, 2.24) is 24.8 Å². The first-order valence-corrected chi connectivity index (χ1v) is 25.1. The lowest BCUT2D eigenvalue weighted by Crippen LogP contribution is -2.17. The molecule has 1 atom stereocenters. The minimum atomic E-state index is 0.550. The van der Waals surface area contributed by atoms with Gasteiger partial charge >= 0.3 is 0 Å². The Morgan fingerprint density at radius 2 is 0.786 bits per heavy atom. The Hall–Kier alpha value is -7.74. The first-order valence-electron chi connectivity index (χ1n) is 25.1. The van der Waals surface area contributed by atoms with Gasteiger partial charge in [-0.1, -0.05) is 141 Å². The van der Waals surface area contributed by atoms with Gasteiger partial charge < -0.3 is 19.4 Å². The fourth-order valence-corrected chi connectivity index (χ4v) is 10.4. The van der Waals surface area contributed by atoms with E-state index in [4.69, 9.17) is 19.4 Å². The zero-order chi connectivity index (χ0) is 47.1. The number of unbranched alkanes of at least 4 members (excludes halogenated alkanes) is 5. The molecule has 3 aromatic heterocycles. The van der Waals surface area contributed by atoms with Gasteiger partial charge in [0, 0.05) is 50.4 Å². The van der Waals surface area contributed by atoms with E-state index in [1.54, 1.807) is 0 Å². The molecule has 1 saturated heterocycles. The van der Waals surface area contributed by atoms with E-state index in [-0.39, 0.29) is 0 Å². The molecule has 8 bridgehead atoms. The molecule has 0 radical (unpaired) electrons. The Bertz CT molecular complexity index is 3260. The van der Waals surface area contributed by atoms with Crippen LogP contribution in [-0.4, -0.2) is 51.6 Å². The highest BCUT2D eigenvalue weighted by atomic mass is 16.5. The van der Waals surface area contributed by atoms with E-state index >= 15 is 0 Å². The number of aromatic amines is 2. The maximum atomic E-state index is 6.32. The predicted molar refractivity (Wildman–Crippen MR) is 290 cm³/mol. The topological polar surface area (TPSA) is 79.1 Å². The highest BCUT2D eigenvalue weighted by Crippen LogP contribution is 2.39. The summed E-state index contributed by atoms with van der Waals surface area (Å²) in [5.74, 6) is 1.85. The summed E-state index contributed by atoms with van der Waals surface area (Å²) in [6.45, 7) is 2.65. The van der Waals surface area contributed by atoms with Gasteiger partial charge in [0.25, 0.3) is 0 Å². The smallest absolute Gasteiger partial charge is 0.119 e. The molecular formula is C63H59N5O2. The van der Waals surface area contributed by atoms with Gasteiger partial charge in [0.2, 0.25) is 0 Å². The van der Waals surface area contributed by atoms with Crippen molar-refractivity contribution in [1.29, 1.82) is 0 Å². The summed E-state index contributed by atoms with van der Waals surface area (Å²) in [7, 11) is 2.22. The standard InChI is InChI=1S/C63H59N5O2/c1-68-41-17-24-59(68)44-25-29-49(30-26-44)69-42-15-4-2-3-5-16-43-70-50-31-27-48(28-32-50)63-57-39-37-55(66-57)61(46-20-11-7-12-21-46)53-35-33-51(64-53)60(45-18-9-6-10-19-45)52-34-36-54(65-52)62(47-22-13-8-14-23-47)56-38-40-58(63)67-56/h6-14,18-23,25-40,59,64,67H,2-5,15-17,24,41-43H2,1H3. The maximum absolute atomic E-state index is 6.32. The molecule has 0 saturated carbocycles. The molecule has 7 nitrogen and oxygen atoms in total.